The minimum absolute atomic E-state index is 0.00366. The van der Waals surface area contributed by atoms with Crippen molar-refractivity contribution < 1.29 is 4.79 Å². The number of hydrogen-bond acceptors (Lipinski definition) is 4. The smallest absolute Gasteiger partial charge is 0.254 e. The molecule has 0 aliphatic rings. The topological polar surface area (TPSA) is 71.2 Å². The van der Waals surface area contributed by atoms with Gasteiger partial charge in [0, 0.05) is 24.3 Å². The van der Waals surface area contributed by atoms with Crippen LogP contribution in [0.4, 0.5) is 5.82 Å². The third-order valence-corrected chi connectivity index (χ3v) is 3.63. The molecule has 21 heavy (non-hydrogen) atoms. The molecule has 118 valence electrons. The number of nitrogens with two attached hydrogens (primary N) is 1. The molecule has 1 unspecified atom stereocenters. The Labute approximate surface area is 127 Å². The largest absolute Gasteiger partial charge is 0.339 e. The van der Waals surface area contributed by atoms with Gasteiger partial charge in [-0.3, -0.25) is 4.79 Å². The van der Waals surface area contributed by atoms with E-state index in [1.54, 1.807) is 11.0 Å². The fourth-order valence-corrected chi connectivity index (χ4v) is 2.29. The third kappa shape index (κ3) is 4.70. The molecule has 0 bridgehead atoms. The second-order valence-electron chi connectivity index (χ2n) is 6.36. The van der Waals surface area contributed by atoms with Gasteiger partial charge in [0.25, 0.3) is 5.91 Å². The molecule has 1 heterocycles. The number of hydrazine groups is 1. The first kappa shape index (κ1) is 17.4. The Bertz CT molecular complexity index is 485. The van der Waals surface area contributed by atoms with E-state index in [1.165, 1.54) is 0 Å². The average molecular weight is 292 g/mol. The zero-order valence-corrected chi connectivity index (χ0v) is 14.0. The van der Waals surface area contributed by atoms with E-state index >= 15 is 0 Å². The van der Waals surface area contributed by atoms with Crippen LogP contribution in [-0.2, 0) is 0 Å². The number of carbonyl (C=O) groups is 1. The lowest BCUT2D eigenvalue weighted by molar-refractivity contribution is 0.0728. The summed E-state index contributed by atoms with van der Waals surface area (Å²) in [4.78, 5) is 18.8. The van der Waals surface area contributed by atoms with Gasteiger partial charge in [-0.05, 0) is 37.3 Å². The number of hydrogen-bond donors (Lipinski definition) is 2. The van der Waals surface area contributed by atoms with Gasteiger partial charge in [0.15, 0.2) is 0 Å². The van der Waals surface area contributed by atoms with Gasteiger partial charge in [0.2, 0.25) is 0 Å². The first-order valence-corrected chi connectivity index (χ1v) is 7.52. The second-order valence-corrected chi connectivity index (χ2v) is 6.36. The third-order valence-electron chi connectivity index (χ3n) is 3.63. The van der Waals surface area contributed by atoms with Crippen molar-refractivity contribution >= 4 is 11.7 Å². The molecule has 0 aliphatic heterocycles. The number of nitrogen functional groups attached to an aromatic ring is 1. The summed E-state index contributed by atoms with van der Waals surface area (Å²) in [7, 11) is 1.85. The predicted molar refractivity (Wildman–Crippen MR) is 87.1 cm³/mol. The highest BCUT2D eigenvalue weighted by Crippen LogP contribution is 2.19. The molecule has 0 fully saturated rings. The Balaban J connectivity index is 3.03. The number of rotatable bonds is 6. The van der Waals surface area contributed by atoms with Crippen molar-refractivity contribution in [3.8, 4) is 0 Å². The number of nitrogens with zero attached hydrogens (tertiary/aromatic N) is 2. The molecular formula is C16H28N4O. The van der Waals surface area contributed by atoms with Gasteiger partial charge in [0.1, 0.15) is 5.82 Å². The van der Waals surface area contributed by atoms with Crippen LogP contribution in [0.5, 0.6) is 0 Å². The summed E-state index contributed by atoms with van der Waals surface area (Å²) >= 11 is 0. The SMILES string of the molecule is CC(C)CC(C)N(C)C(=O)c1cc(NN)nc(C(C)C)c1. The van der Waals surface area contributed by atoms with Crippen LogP contribution < -0.4 is 11.3 Å². The van der Waals surface area contributed by atoms with E-state index in [0.29, 0.717) is 17.3 Å². The second kappa shape index (κ2) is 7.41. The van der Waals surface area contributed by atoms with E-state index in [2.05, 4.69) is 31.2 Å². The maximum atomic E-state index is 12.6. The van der Waals surface area contributed by atoms with Crippen molar-refractivity contribution in [1.82, 2.24) is 9.88 Å². The Morgan fingerprint density at radius 3 is 2.38 bits per heavy atom. The summed E-state index contributed by atoms with van der Waals surface area (Å²) in [5, 5.41) is 0. The van der Waals surface area contributed by atoms with Crippen molar-refractivity contribution in [2.45, 2.75) is 53.0 Å². The van der Waals surface area contributed by atoms with E-state index < -0.39 is 0 Å². The van der Waals surface area contributed by atoms with E-state index in [9.17, 15) is 4.79 Å². The van der Waals surface area contributed by atoms with Crippen molar-refractivity contribution in [2.24, 2.45) is 11.8 Å². The van der Waals surface area contributed by atoms with Gasteiger partial charge < -0.3 is 10.3 Å². The highest BCUT2D eigenvalue weighted by atomic mass is 16.2. The maximum absolute atomic E-state index is 12.6. The molecule has 0 aliphatic carbocycles. The van der Waals surface area contributed by atoms with Crippen molar-refractivity contribution in [3.63, 3.8) is 0 Å². The van der Waals surface area contributed by atoms with E-state index in [1.807, 2.05) is 27.0 Å². The maximum Gasteiger partial charge on any atom is 0.254 e. The van der Waals surface area contributed by atoms with Crippen molar-refractivity contribution in [2.75, 3.05) is 12.5 Å². The number of aromatic nitrogens is 1. The summed E-state index contributed by atoms with van der Waals surface area (Å²) < 4.78 is 0. The van der Waals surface area contributed by atoms with Crippen LogP contribution in [0.3, 0.4) is 0 Å². The Morgan fingerprint density at radius 1 is 1.29 bits per heavy atom. The first-order valence-electron chi connectivity index (χ1n) is 7.52. The zero-order valence-electron chi connectivity index (χ0n) is 14.0. The molecular weight excluding hydrogens is 264 g/mol. The van der Waals surface area contributed by atoms with Gasteiger partial charge in [-0.15, -0.1) is 0 Å². The highest BCUT2D eigenvalue weighted by Gasteiger charge is 2.20. The molecule has 0 radical (unpaired) electrons. The monoisotopic (exact) mass is 292 g/mol. The van der Waals surface area contributed by atoms with Gasteiger partial charge in [-0.25, -0.2) is 10.8 Å². The molecule has 1 rings (SSSR count). The number of nitrogens with one attached hydrogen (secondary N) is 1. The van der Waals surface area contributed by atoms with E-state index in [-0.39, 0.29) is 17.9 Å². The van der Waals surface area contributed by atoms with Crippen LogP contribution >= 0.6 is 0 Å². The Hall–Kier alpha value is -1.62. The summed E-state index contributed by atoms with van der Waals surface area (Å²) in [6, 6.07) is 3.75. The fraction of sp³-hybridized carbons (Fsp3) is 0.625. The number of carbonyl (C=O) groups excluding carboxylic acids is 1. The van der Waals surface area contributed by atoms with Crippen LogP contribution in [0.1, 0.15) is 63.0 Å². The first-order chi connectivity index (χ1) is 9.76. The summed E-state index contributed by atoms with van der Waals surface area (Å²) in [6.07, 6.45) is 0.979. The van der Waals surface area contributed by atoms with E-state index in [0.717, 1.165) is 12.1 Å². The molecule has 1 atom stereocenters. The lowest BCUT2D eigenvalue weighted by Gasteiger charge is -2.26. The van der Waals surface area contributed by atoms with Gasteiger partial charge in [-0.2, -0.15) is 0 Å². The van der Waals surface area contributed by atoms with E-state index in [4.69, 9.17) is 5.84 Å². The van der Waals surface area contributed by atoms with Crippen LogP contribution in [0.25, 0.3) is 0 Å². The molecule has 0 saturated carbocycles. The summed E-state index contributed by atoms with van der Waals surface area (Å²) in [5.74, 6) is 6.77. The zero-order chi connectivity index (χ0) is 16.2. The fourth-order valence-electron chi connectivity index (χ4n) is 2.29. The molecule has 1 aromatic rings. The minimum atomic E-state index is 0.00366. The normalized spacial score (nSPS) is 12.6. The Morgan fingerprint density at radius 2 is 1.90 bits per heavy atom. The Kier molecular flexibility index (Phi) is 6.15. The molecule has 3 N–H and O–H groups in total. The minimum Gasteiger partial charge on any atom is -0.339 e. The van der Waals surface area contributed by atoms with Gasteiger partial charge in [0.05, 0.1) is 0 Å². The summed E-state index contributed by atoms with van der Waals surface area (Å²) in [6.45, 7) is 10.5. The summed E-state index contributed by atoms with van der Waals surface area (Å²) in [5.41, 5.74) is 4.02. The molecule has 1 aromatic heterocycles. The number of pyridine rings is 1. The lowest BCUT2D eigenvalue weighted by Crippen LogP contribution is -2.36. The molecule has 5 heteroatoms. The van der Waals surface area contributed by atoms with Crippen LogP contribution in [0, 0.1) is 5.92 Å². The highest BCUT2D eigenvalue weighted by molar-refractivity contribution is 5.95. The molecule has 1 amide bonds. The van der Waals surface area contributed by atoms with Crippen LogP contribution in [-0.4, -0.2) is 28.9 Å². The van der Waals surface area contributed by atoms with Crippen molar-refractivity contribution in [3.05, 3.63) is 23.4 Å². The van der Waals surface area contributed by atoms with Crippen LogP contribution in [0.2, 0.25) is 0 Å². The number of anilines is 1. The van der Waals surface area contributed by atoms with Gasteiger partial charge in [-0.1, -0.05) is 27.7 Å². The standard InChI is InChI=1S/C16H28N4O/c1-10(2)7-12(5)20(6)16(21)13-8-14(11(3)4)18-15(9-13)19-17/h8-12H,7,17H2,1-6H3,(H,18,19). The number of amides is 1. The lowest BCUT2D eigenvalue weighted by atomic mass is 10.0. The molecule has 5 nitrogen and oxygen atoms in total. The molecule has 0 spiro atoms. The average Bonchev–Trinajstić information content (AvgIpc) is 2.44. The predicted octanol–water partition coefficient (Wildman–Crippen LogP) is 3.00. The molecule has 0 saturated heterocycles. The van der Waals surface area contributed by atoms with Gasteiger partial charge >= 0.3 is 0 Å². The molecule has 0 aromatic carbocycles. The van der Waals surface area contributed by atoms with Crippen molar-refractivity contribution in [1.29, 1.82) is 0 Å². The van der Waals surface area contributed by atoms with Crippen LogP contribution in [0.15, 0.2) is 12.1 Å². The quantitative estimate of drug-likeness (QED) is 0.624.